The van der Waals surface area contributed by atoms with Crippen LogP contribution in [0.2, 0.25) is 0 Å². The molecular weight excluding hydrogens is 314 g/mol. The number of carbonyl (C=O) groups excluding carboxylic acids is 1. The summed E-state index contributed by atoms with van der Waals surface area (Å²) in [5.41, 5.74) is 2.33. The van der Waals surface area contributed by atoms with Gasteiger partial charge in [-0.2, -0.15) is 0 Å². The van der Waals surface area contributed by atoms with Crippen LogP contribution in [-0.4, -0.2) is 5.91 Å². The molecule has 0 bridgehead atoms. The molecule has 0 heterocycles. The largest absolute Gasteiger partial charge is 0.322 e. The molecule has 0 aliphatic rings. The van der Waals surface area contributed by atoms with Crippen LogP contribution >= 0.6 is 11.8 Å². The van der Waals surface area contributed by atoms with Crippen molar-refractivity contribution in [1.29, 1.82) is 0 Å². The number of thioether (sulfide) groups is 1. The van der Waals surface area contributed by atoms with Crippen molar-refractivity contribution in [3.8, 4) is 0 Å². The summed E-state index contributed by atoms with van der Waals surface area (Å²) in [6.07, 6.45) is 0. The number of benzene rings is 3. The molecule has 0 fully saturated rings. The van der Waals surface area contributed by atoms with Crippen LogP contribution in [0.3, 0.4) is 0 Å². The molecule has 0 unspecified atom stereocenters. The Bertz CT molecular complexity index is 814. The van der Waals surface area contributed by atoms with Crippen molar-refractivity contribution in [1.82, 2.24) is 0 Å². The summed E-state index contributed by atoms with van der Waals surface area (Å²) >= 11 is 1.54. The molecule has 0 spiro atoms. The quantitative estimate of drug-likeness (QED) is 0.497. The van der Waals surface area contributed by atoms with Gasteiger partial charge in [-0.1, -0.05) is 78.5 Å². The Morgan fingerprint density at radius 2 is 1.29 bits per heavy atom. The molecule has 24 heavy (non-hydrogen) atoms. The van der Waals surface area contributed by atoms with Gasteiger partial charge in [0.2, 0.25) is 0 Å². The van der Waals surface area contributed by atoms with E-state index in [9.17, 15) is 4.79 Å². The van der Waals surface area contributed by atoms with Crippen molar-refractivity contribution in [2.24, 2.45) is 0 Å². The van der Waals surface area contributed by atoms with E-state index in [1.807, 2.05) is 96.4 Å². The second kappa shape index (κ2) is 8.18. The highest BCUT2D eigenvalue weighted by molar-refractivity contribution is 8.02. The van der Waals surface area contributed by atoms with E-state index in [1.54, 1.807) is 0 Å². The lowest BCUT2D eigenvalue weighted by Crippen LogP contribution is -2.13. The third-order valence-corrected chi connectivity index (χ3v) is 4.32. The molecule has 0 saturated carbocycles. The van der Waals surface area contributed by atoms with E-state index in [0.717, 1.165) is 16.1 Å². The van der Waals surface area contributed by atoms with Gasteiger partial charge in [0.15, 0.2) is 0 Å². The fourth-order valence-electron chi connectivity index (χ4n) is 2.22. The van der Waals surface area contributed by atoms with Crippen LogP contribution < -0.4 is 5.32 Å². The molecule has 0 radical (unpaired) electrons. The highest BCUT2D eigenvalue weighted by Gasteiger charge is 2.12. The Balaban J connectivity index is 1.86. The zero-order valence-electron chi connectivity index (χ0n) is 13.1. The van der Waals surface area contributed by atoms with Gasteiger partial charge in [-0.25, -0.2) is 0 Å². The average molecular weight is 331 g/mol. The number of amides is 1. The molecule has 0 saturated heterocycles. The third kappa shape index (κ3) is 4.37. The normalized spacial score (nSPS) is 11.1. The number of para-hydroxylation sites is 1. The van der Waals surface area contributed by atoms with Crippen molar-refractivity contribution < 1.29 is 4.79 Å². The van der Waals surface area contributed by atoms with Crippen molar-refractivity contribution in [3.63, 3.8) is 0 Å². The molecule has 0 aliphatic heterocycles. The number of carbonyl (C=O) groups is 1. The fourth-order valence-corrected chi connectivity index (χ4v) is 3.03. The Labute approximate surface area is 146 Å². The molecule has 0 aromatic heterocycles. The van der Waals surface area contributed by atoms with Gasteiger partial charge in [-0.3, -0.25) is 4.79 Å². The van der Waals surface area contributed by atoms with Crippen LogP contribution in [0.1, 0.15) is 5.56 Å². The van der Waals surface area contributed by atoms with Crippen molar-refractivity contribution >= 4 is 28.9 Å². The second-order valence-electron chi connectivity index (χ2n) is 5.15. The molecule has 2 nitrogen and oxygen atoms in total. The number of nitrogens with one attached hydrogen (secondary N) is 1. The van der Waals surface area contributed by atoms with Gasteiger partial charge >= 0.3 is 0 Å². The van der Waals surface area contributed by atoms with Gasteiger partial charge in [0.25, 0.3) is 5.91 Å². The SMILES string of the molecule is O=C(Nc1ccccc1)C(=CSc1ccccc1)c1ccccc1. The molecule has 118 valence electrons. The van der Waals surface area contributed by atoms with Gasteiger partial charge in [0.1, 0.15) is 0 Å². The van der Waals surface area contributed by atoms with E-state index in [2.05, 4.69) is 5.32 Å². The maximum atomic E-state index is 12.7. The summed E-state index contributed by atoms with van der Waals surface area (Å²) < 4.78 is 0. The average Bonchev–Trinajstić information content (AvgIpc) is 2.64. The lowest BCUT2D eigenvalue weighted by atomic mass is 10.1. The molecule has 1 amide bonds. The maximum absolute atomic E-state index is 12.7. The standard InChI is InChI=1S/C21H17NOS/c23-21(22-18-12-6-2-7-13-18)20(17-10-4-1-5-11-17)16-24-19-14-8-3-9-15-19/h1-16H,(H,22,23). The molecule has 0 aliphatic carbocycles. The molecule has 3 aromatic carbocycles. The molecule has 3 heteroatoms. The summed E-state index contributed by atoms with van der Waals surface area (Å²) in [7, 11) is 0. The van der Waals surface area contributed by atoms with Crippen LogP contribution in [0.4, 0.5) is 5.69 Å². The van der Waals surface area contributed by atoms with Crippen LogP contribution in [-0.2, 0) is 4.79 Å². The third-order valence-electron chi connectivity index (χ3n) is 3.42. The smallest absolute Gasteiger partial charge is 0.256 e. The van der Waals surface area contributed by atoms with E-state index in [4.69, 9.17) is 0 Å². The van der Waals surface area contributed by atoms with Crippen LogP contribution in [0.5, 0.6) is 0 Å². The van der Waals surface area contributed by atoms with Crippen LogP contribution in [0.25, 0.3) is 5.57 Å². The van der Waals surface area contributed by atoms with E-state index < -0.39 is 0 Å². The fraction of sp³-hybridized carbons (Fsp3) is 0. The zero-order chi connectivity index (χ0) is 16.6. The number of anilines is 1. The van der Waals surface area contributed by atoms with E-state index >= 15 is 0 Å². The highest BCUT2D eigenvalue weighted by atomic mass is 32.2. The first kappa shape index (κ1) is 16.1. The first-order valence-electron chi connectivity index (χ1n) is 7.66. The van der Waals surface area contributed by atoms with E-state index in [0.29, 0.717) is 5.57 Å². The molecule has 3 aromatic rings. The highest BCUT2D eigenvalue weighted by Crippen LogP contribution is 2.25. The summed E-state index contributed by atoms with van der Waals surface area (Å²) in [6, 6.07) is 29.2. The van der Waals surface area contributed by atoms with Crippen molar-refractivity contribution in [3.05, 3.63) is 102 Å². The summed E-state index contributed by atoms with van der Waals surface area (Å²) in [4.78, 5) is 13.8. The van der Waals surface area contributed by atoms with E-state index in [-0.39, 0.29) is 5.91 Å². The zero-order valence-corrected chi connectivity index (χ0v) is 13.9. The van der Waals surface area contributed by atoms with Gasteiger partial charge in [0.05, 0.1) is 5.57 Å². The minimum atomic E-state index is -0.115. The molecule has 0 atom stereocenters. The van der Waals surface area contributed by atoms with Gasteiger partial charge in [0, 0.05) is 10.6 Å². The van der Waals surface area contributed by atoms with Gasteiger partial charge < -0.3 is 5.32 Å². The Hall–Kier alpha value is -2.78. The van der Waals surface area contributed by atoms with Crippen molar-refractivity contribution in [2.45, 2.75) is 4.90 Å². The molecular formula is C21H17NOS. The van der Waals surface area contributed by atoms with Crippen molar-refractivity contribution in [2.75, 3.05) is 5.32 Å². The molecule has 1 N–H and O–H groups in total. The second-order valence-corrected chi connectivity index (χ2v) is 6.09. The number of rotatable bonds is 5. The number of hydrogen-bond donors (Lipinski definition) is 1. The minimum absolute atomic E-state index is 0.115. The predicted molar refractivity (Wildman–Crippen MR) is 102 cm³/mol. The predicted octanol–water partition coefficient (Wildman–Crippen LogP) is 5.46. The summed E-state index contributed by atoms with van der Waals surface area (Å²) in [6.45, 7) is 0. The lowest BCUT2D eigenvalue weighted by Gasteiger charge is -2.09. The molecule has 3 rings (SSSR count). The minimum Gasteiger partial charge on any atom is -0.322 e. The Kier molecular flexibility index (Phi) is 5.48. The Morgan fingerprint density at radius 3 is 1.92 bits per heavy atom. The summed E-state index contributed by atoms with van der Waals surface area (Å²) in [5.74, 6) is -0.115. The topological polar surface area (TPSA) is 29.1 Å². The van der Waals surface area contributed by atoms with Crippen LogP contribution in [0, 0.1) is 0 Å². The first-order valence-corrected chi connectivity index (χ1v) is 8.54. The van der Waals surface area contributed by atoms with E-state index in [1.165, 1.54) is 11.8 Å². The maximum Gasteiger partial charge on any atom is 0.256 e. The summed E-state index contributed by atoms with van der Waals surface area (Å²) in [5, 5.41) is 4.86. The lowest BCUT2D eigenvalue weighted by molar-refractivity contribution is -0.111. The first-order chi connectivity index (χ1) is 11.8. The Morgan fingerprint density at radius 1 is 0.750 bits per heavy atom. The number of hydrogen-bond acceptors (Lipinski definition) is 2. The monoisotopic (exact) mass is 331 g/mol. The van der Waals surface area contributed by atoms with Gasteiger partial charge in [-0.15, -0.1) is 0 Å². The van der Waals surface area contributed by atoms with Crippen LogP contribution in [0.15, 0.2) is 101 Å². The van der Waals surface area contributed by atoms with Gasteiger partial charge in [-0.05, 0) is 35.2 Å².